The van der Waals surface area contributed by atoms with Gasteiger partial charge in [-0.2, -0.15) is 13.2 Å². The van der Waals surface area contributed by atoms with E-state index in [1.165, 1.54) is 24.5 Å². The van der Waals surface area contributed by atoms with Crippen LogP contribution in [-0.2, 0) is 26.4 Å². The Balaban J connectivity index is 1.43. The van der Waals surface area contributed by atoms with Gasteiger partial charge in [0.05, 0.1) is 34.9 Å². The highest BCUT2D eigenvalue weighted by Crippen LogP contribution is 2.33. The molecule has 0 atom stereocenters. The molecule has 0 aliphatic heterocycles. The van der Waals surface area contributed by atoms with Crippen LogP contribution in [0.1, 0.15) is 38.1 Å². The molecule has 0 bridgehead atoms. The highest BCUT2D eigenvalue weighted by atomic mass is 32.2. The Labute approximate surface area is 203 Å². The second-order valence-corrected chi connectivity index (χ2v) is 11.3. The zero-order chi connectivity index (χ0) is 25.4. The number of pyridine rings is 1. The number of hydrogen-bond acceptors (Lipinski definition) is 8. The van der Waals surface area contributed by atoms with E-state index in [1.807, 2.05) is 0 Å². The van der Waals surface area contributed by atoms with Crippen molar-refractivity contribution >= 4 is 38.2 Å². The summed E-state index contributed by atoms with van der Waals surface area (Å²) in [6.07, 6.45) is 0.284. The Hall–Kier alpha value is -3.13. The fraction of sp³-hybridized carbons (Fsp3) is 0.381. The summed E-state index contributed by atoms with van der Waals surface area (Å²) in [5.74, 6) is -0.0326. The second-order valence-electron chi connectivity index (χ2n) is 8.66. The van der Waals surface area contributed by atoms with Gasteiger partial charge in [0.25, 0.3) is 0 Å². The van der Waals surface area contributed by atoms with Crippen molar-refractivity contribution in [1.82, 2.24) is 19.9 Å². The molecule has 3 heterocycles. The first-order valence-corrected chi connectivity index (χ1v) is 13.0. The van der Waals surface area contributed by atoms with Crippen molar-refractivity contribution in [1.29, 1.82) is 0 Å². The molecule has 1 aliphatic rings. The van der Waals surface area contributed by atoms with E-state index in [4.69, 9.17) is 0 Å². The van der Waals surface area contributed by atoms with E-state index in [0.717, 1.165) is 24.2 Å². The first-order chi connectivity index (χ1) is 16.3. The number of carbonyl (C=O) groups is 1. The number of hydrogen-bond donors (Lipinski definition) is 2. The van der Waals surface area contributed by atoms with Gasteiger partial charge in [0.2, 0.25) is 15.9 Å². The minimum atomic E-state index is -4.62. The third-order valence-electron chi connectivity index (χ3n) is 5.33. The normalized spacial score (nSPS) is 14.5. The number of alkyl halides is 3. The van der Waals surface area contributed by atoms with Crippen molar-refractivity contribution in [3.8, 4) is 11.3 Å². The average molecular weight is 527 g/mol. The number of halogens is 3. The van der Waals surface area contributed by atoms with Crippen molar-refractivity contribution in [3.05, 3.63) is 47.5 Å². The molecule has 3 aromatic heterocycles. The number of thiazole rings is 1. The van der Waals surface area contributed by atoms with Gasteiger partial charge in [-0.15, -0.1) is 11.3 Å². The number of aromatic nitrogens is 4. The lowest BCUT2D eigenvalue weighted by atomic mass is 9.89. The molecule has 35 heavy (non-hydrogen) atoms. The van der Waals surface area contributed by atoms with Gasteiger partial charge in [-0.1, -0.05) is 0 Å². The topological polar surface area (TPSA) is 127 Å². The maximum Gasteiger partial charge on any atom is 0.434 e. The van der Waals surface area contributed by atoms with Gasteiger partial charge in [0.15, 0.2) is 10.8 Å². The third kappa shape index (κ3) is 6.11. The summed E-state index contributed by atoms with van der Waals surface area (Å²) in [4.78, 5) is 28.4. The first kappa shape index (κ1) is 25.0. The molecule has 14 heteroatoms. The van der Waals surface area contributed by atoms with Crippen LogP contribution in [0.2, 0.25) is 0 Å². The number of carbonyl (C=O) groups excluding carboxylic acids is 1. The standard InChI is InChI=1S/C21H21F3N6O3S2/c1-20(2,16-10-34-19(28-16)30-35(32,33)11-12-3-4-12)18(31)29-17-6-5-13(7-26-17)14-8-25-9-15(27-14)21(22,23)24/h5-10,12H,3-4,11H2,1-2H3,(H,28,30)(H,26,29,31). The molecule has 1 aliphatic carbocycles. The van der Waals surface area contributed by atoms with Crippen LogP contribution in [0.4, 0.5) is 24.1 Å². The molecule has 3 aromatic rings. The van der Waals surface area contributed by atoms with Crippen LogP contribution in [0.25, 0.3) is 11.3 Å². The number of nitrogens with one attached hydrogen (secondary N) is 2. The van der Waals surface area contributed by atoms with Gasteiger partial charge in [-0.25, -0.2) is 23.4 Å². The van der Waals surface area contributed by atoms with Crippen LogP contribution in [0.3, 0.4) is 0 Å². The van der Waals surface area contributed by atoms with Crippen molar-refractivity contribution in [2.75, 3.05) is 15.8 Å². The Bertz CT molecular complexity index is 1340. The Morgan fingerprint density at radius 2 is 1.86 bits per heavy atom. The summed E-state index contributed by atoms with van der Waals surface area (Å²) in [7, 11) is -3.49. The zero-order valence-corrected chi connectivity index (χ0v) is 20.3. The minimum absolute atomic E-state index is 0.00956. The third-order valence-corrected chi connectivity index (χ3v) is 7.63. The lowest BCUT2D eigenvalue weighted by molar-refractivity contribution is -0.141. The smallest absolute Gasteiger partial charge is 0.310 e. The molecule has 0 spiro atoms. The summed E-state index contributed by atoms with van der Waals surface area (Å²) < 4.78 is 65.5. The zero-order valence-electron chi connectivity index (χ0n) is 18.6. The van der Waals surface area contributed by atoms with E-state index in [1.54, 1.807) is 19.2 Å². The first-order valence-electron chi connectivity index (χ1n) is 10.5. The molecule has 2 N–H and O–H groups in total. The van der Waals surface area contributed by atoms with Gasteiger partial charge >= 0.3 is 6.18 Å². The molecule has 0 saturated heterocycles. The number of sulfonamides is 1. The van der Waals surface area contributed by atoms with Gasteiger partial charge in [0, 0.05) is 17.1 Å². The highest BCUT2D eigenvalue weighted by Gasteiger charge is 2.35. The molecule has 1 fully saturated rings. The van der Waals surface area contributed by atoms with Gasteiger partial charge in [-0.3, -0.25) is 14.5 Å². The fourth-order valence-corrected chi connectivity index (χ4v) is 5.67. The molecular formula is C21H21F3N6O3S2. The molecule has 0 aromatic carbocycles. The molecule has 0 unspecified atom stereocenters. The lowest BCUT2D eigenvalue weighted by Gasteiger charge is -2.21. The van der Waals surface area contributed by atoms with E-state index < -0.39 is 33.2 Å². The van der Waals surface area contributed by atoms with Crippen LogP contribution < -0.4 is 10.0 Å². The van der Waals surface area contributed by atoms with E-state index in [2.05, 4.69) is 30.0 Å². The fourth-order valence-electron chi connectivity index (χ4n) is 3.03. The van der Waals surface area contributed by atoms with Crippen LogP contribution in [-0.4, -0.2) is 40.0 Å². The van der Waals surface area contributed by atoms with Crippen LogP contribution >= 0.6 is 11.3 Å². The van der Waals surface area contributed by atoms with Crippen molar-refractivity contribution in [2.45, 2.75) is 38.3 Å². The van der Waals surface area contributed by atoms with Crippen molar-refractivity contribution < 1.29 is 26.4 Å². The van der Waals surface area contributed by atoms with E-state index in [9.17, 15) is 26.4 Å². The predicted molar refractivity (Wildman–Crippen MR) is 124 cm³/mol. The Morgan fingerprint density at radius 1 is 1.11 bits per heavy atom. The minimum Gasteiger partial charge on any atom is -0.310 e. The van der Waals surface area contributed by atoms with Crippen LogP contribution in [0.5, 0.6) is 0 Å². The van der Waals surface area contributed by atoms with Crippen LogP contribution in [0, 0.1) is 5.92 Å². The molecule has 9 nitrogen and oxygen atoms in total. The number of anilines is 2. The SMILES string of the molecule is CC(C)(C(=O)Nc1ccc(-c2cncc(C(F)(F)F)n2)cn1)c1csc(NS(=O)(=O)CC2CC2)n1. The average Bonchev–Trinajstić information content (AvgIpc) is 3.46. The Kier molecular flexibility index (Phi) is 6.53. The quantitative estimate of drug-likeness (QED) is 0.453. The second kappa shape index (κ2) is 9.15. The number of nitrogens with zero attached hydrogens (tertiary/aromatic N) is 4. The van der Waals surface area contributed by atoms with Crippen molar-refractivity contribution in [2.24, 2.45) is 5.92 Å². The highest BCUT2D eigenvalue weighted by molar-refractivity contribution is 7.92. The Morgan fingerprint density at radius 3 is 2.49 bits per heavy atom. The lowest BCUT2D eigenvalue weighted by Crippen LogP contribution is -2.35. The molecule has 1 amide bonds. The summed E-state index contributed by atoms with van der Waals surface area (Å²) in [5, 5.41) is 4.44. The van der Waals surface area contributed by atoms with E-state index in [0.29, 0.717) is 17.5 Å². The predicted octanol–water partition coefficient (Wildman–Crippen LogP) is 4.08. The largest absolute Gasteiger partial charge is 0.434 e. The van der Waals surface area contributed by atoms with E-state index >= 15 is 0 Å². The maximum atomic E-state index is 12.9. The van der Waals surface area contributed by atoms with Crippen LogP contribution in [0.15, 0.2) is 36.1 Å². The molecule has 1 saturated carbocycles. The summed E-state index contributed by atoms with van der Waals surface area (Å²) in [6.45, 7) is 3.26. The summed E-state index contributed by atoms with van der Waals surface area (Å²) in [6, 6.07) is 2.90. The number of amides is 1. The molecular weight excluding hydrogens is 505 g/mol. The summed E-state index contributed by atoms with van der Waals surface area (Å²) >= 11 is 1.09. The molecule has 0 radical (unpaired) electrons. The van der Waals surface area contributed by atoms with E-state index in [-0.39, 0.29) is 28.3 Å². The van der Waals surface area contributed by atoms with Gasteiger partial charge < -0.3 is 5.32 Å². The summed E-state index contributed by atoms with van der Waals surface area (Å²) in [5.41, 5.74) is -1.58. The monoisotopic (exact) mass is 526 g/mol. The van der Waals surface area contributed by atoms with Gasteiger partial charge in [0.1, 0.15) is 5.82 Å². The maximum absolute atomic E-state index is 12.9. The number of rotatable bonds is 8. The molecule has 4 rings (SSSR count). The molecule has 186 valence electrons. The van der Waals surface area contributed by atoms with Gasteiger partial charge in [-0.05, 0) is 44.7 Å². The van der Waals surface area contributed by atoms with Crippen molar-refractivity contribution in [3.63, 3.8) is 0 Å².